The molecule has 112 valence electrons. The molecule has 2 rings (SSSR count). The second kappa shape index (κ2) is 6.61. The number of hydrogen-bond acceptors (Lipinski definition) is 3. The van der Waals surface area contributed by atoms with E-state index in [0.29, 0.717) is 31.3 Å². The van der Waals surface area contributed by atoms with E-state index in [9.17, 15) is 8.78 Å². The highest BCUT2D eigenvalue weighted by molar-refractivity contribution is 5.24. The summed E-state index contributed by atoms with van der Waals surface area (Å²) in [6.07, 6.45) is -0.188. The summed E-state index contributed by atoms with van der Waals surface area (Å²) in [4.78, 5) is 2.02. The SMILES string of the molecule is CC(C)NCC1OCCN(C)C1c1cc(F)ccc1F. The van der Waals surface area contributed by atoms with E-state index in [2.05, 4.69) is 5.32 Å². The molecule has 1 fully saturated rings. The Hall–Kier alpha value is -1.04. The van der Waals surface area contributed by atoms with Crippen LogP contribution in [0.25, 0.3) is 0 Å². The number of ether oxygens (including phenoxy) is 1. The van der Waals surface area contributed by atoms with E-state index >= 15 is 0 Å². The van der Waals surface area contributed by atoms with Gasteiger partial charge >= 0.3 is 0 Å². The van der Waals surface area contributed by atoms with Gasteiger partial charge in [-0.1, -0.05) is 13.8 Å². The first-order chi connectivity index (χ1) is 9.49. The minimum Gasteiger partial charge on any atom is -0.374 e. The average molecular weight is 284 g/mol. The highest BCUT2D eigenvalue weighted by Gasteiger charge is 2.33. The maximum Gasteiger partial charge on any atom is 0.128 e. The van der Waals surface area contributed by atoms with E-state index in [1.54, 1.807) is 0 Å². The van der Waals surface area contributed by atoms with Crippen molar-refractivity contribution in [3.63, 3.8) is 0 Å². The predicted molar refractivity (Wildman–Crippen MR) is 74.6 cm³/mol. The van der Waals surface area contributed by atoms with E-state index in [4.69, 9.17) is 4.74 Å². The molecule has 0 amide bonds. The molecule has 1 aromatic carbocycles. The third-order valence-electron chi connectivity index (χ3n) is 3.61. The highest BCUT2D eigenvalue weighted by Crippen LogP contribution is 2.30. The molecular weight excluding hydrogens is 262 g/mol. The molecule has 1 saturated heterocycles. The summed E-state index contributed by atoms with van der Waals surface area (Å²) < 4.78 is 33.2. The Morgan fingerprint density at radius 2 is 2.15 bits per heavy atom. The number of nitrogens with one attached hydrogen (secondary N) is 1. The van der Waals surface area contributed by atoms with E-state index in [0.717, 1.165) is 6.07 Å². The third-order valence-corrected chi connectivity index (χ3v) is 3.61. The predicted octanol–water partition coefficient (Wildman–Crippen LogP) is 2.33. The molecule has 1 aliphatic rings. The van der Waals surface area contributed by atoms with E-state index in [1.807, 2.05) is 25.8 Å². The quantitative estimate of drug-likeness (QED) is 0.918. The summed E-state index contributed by atoms with van der Waals surface area (Å²) in [5.41, 5.74) is 0.364. The number of hydrogen-bond donors (Lipinski definition) is 1. The van der Waals surface area contributed by atoms with Gasteiger partial charge in [-0.15, -0.1) is 0 Å². The Morgan fingerprint density at radius 3 is 2.85 bits per heavy atom. The van der Waals surface area contributed by atoms with Crippen LogP contribution in [0.2, 0.25) is 0 Å². The van der Waals surface area contributed by atoms with Crippen LogP contribution in [0, 0.1) is 11.6 Å². The third kappa shape index (κ3) is 3.53. The molecule has 3 nitrogen and oxygen atoms in total. The lowest BCUT2D eigenvalue weighted by molar-refractivity contribution is -0.0630. The summed E-state index contributed by atoms with van der Waals surface area (Å²) in [5.74, 6) is -0.806. The van der Waals surface area contributed by atoms with Crippen LogP contribution in [-0.4, -0.2) is 43.8 Å². The standard InChI is InChI=1S/C15H22F2N2O/c1-10(2)18-9-14-15(19(3)6-7-20-14)12-8-11(16)4-5-13(12)17/h4-5,8,10,14-15,18H,6-7,9H2,1-3H3. The van der Waals surface area contributed by atoms with Crippen molar-refractivity contribution in [2.24, 2.45) is 0 Å². The lowest BCUT2D eigenvalue weighted by Gasteiger charge is -2.40. The van der Waals surface area contributed by atoms with Gasteiger partial charge in [-0.2, -0.15) is 0 Å². The van der Waals surface area contributed by atoms with Crippen LogP contribution in [-0.2, 0) is 4.74 Å². The number of benzene rings is 1. The summed E-state index contributed by atoms with van der Waals surface area (Å²) in [5, 5.41) is 3.30. The van der Waals surface area contributed by atoms with Crippen molar-refractivity contribution in [3.8, 4) is 0 Å². The van der Waals surface area contributed by atoms with Crippen molar-refractivity contribution in [2.75, 3.05) is 26.7 Å². The Balaban J connectivity index is 2.24. The van der Waals surface area contributed by atoms with Gasteiger partial charge < -0.3 is 10.1 Å². The van der Waals surface area contributed by atoms with Gasteiger partial charge in [-0.3, -0.25) is 4.90 Å². The van der Waals surface area contributed by atoms with Crippen LogP contribution in [0.15, 0.2) is 18.2 Å². The van der Waals surface area contributed by atoms with Gasteiger partial charge in [-0.05, 0) is 25.2 Å². The second-order valence-corrected chi connectivity index (χ2v) is 5.56. The van der Waals surface area contributed by atoms with Gasteiger partial charge in [0.15, 0.2) is 0 Å². The molecule has 0 bridgehead atoms. The van der Waals surface area contributed by atoms with Crippen LogP contribution < -0.4 is 5.32 Å². The molecule has 1 N–H and O–H groups in total. The number of likely N-dealkylation sites (N-methyl/N-ethyl adjacent to an activating group) is 1. The molecule has 2 atom stereocenters. The van der Waals surface area contributed by atoms with Crippen molar-refractivity contribution in [1.29, 1.82) is 0 Å². The minimum absolute atomic E-state index is 0.188. The van der Waals surface area contributed by atoms with Crippen molar-refractivity contribution in [1.82, 2.24) is 10.2 Å². The molecule has 1 aromatic rings. The number of nitrogens with zero attached hydrogens (tertiary/aromatic N) is 1. The smallest absolute Gasteiger partial charge is 0.128 e. The fraction of sp³-hybridized carbons (Fsp3) is 0.600. The molecule has 0 radical (unpaired) electrons. The molecule has 2 unspecified atom stereocenters. The van der Waals surface area contributed by atoms with Crippen LogP contribution >= 0.6 is 0 Å². The zero-order valence-corrected chi connectivity index (χ0v) is 12.2. The first kappa shape index (κ1) is 15.4. The van der Waals surface area contributed by atoms with Gasteiger partial charge in [-0.25, -0.2) is 8.78 Å². The number of rotatable bonds is 4. The monoisotopic (exact) mass is 284 g/mol. The molecule has 1 heterocycles. The lowest BCUT2D eigenvalue weighted by Crippen LogP contribution is -2.48. The van der Waals surface area contributed by atoms with Crippen molar-refractivity contribution in [2.45, 2.75) is 32.0 Å². The van der Waals surface area contributed by atoms with Gasteiger partial charge in [0.2, 0.25) is 0 Å². The largest absolute Gasteiger partial charge is 0.374 e. The maximum absolute atomic E-state index is 14.0. The first-order valence-corrected chi connectivity index (χ1v) is 6.99. The number of halogens is 2. The topological polar surface area (TPSA) is 24.5 Å². The van der Waals surface area contributed by atoms with Crippen LogP contribution in [0.3, 0.4) is 0 Å². The summed E-state index contributed by atoms with van der Waals surface area (Å²) in [7, 11) is 1.92. The molecular formula is C15H22F2N2O. The molecule has 0 aromatic heterocycles. The maximum atomic E-state index is 14.0. The number of morpholine rings is 1. The normalized spacial score (nSPS) is 24.3. The molecule has 0 aliphatic carbocycles. The lowest BCUT2D eigenvalue weighted by atomic mass is 9.97. The summed E-state index contributed by atoms with van der Waals surface area (Å²) in [6, 6.07) is 3.65. The van der Waals surface area contributed by atoms with Gasteiger partial charge in [0, 0.05) is 24.7 Å². The van der Waals surface area contributed by atoms with Gasteiger partial charge in [0.1, 0.15) is 11.6 Å². The Bertz CT molecular complexity index is 453. The van der Waals surface area contributed by atoms with Crippen molar-refractivity contribution >= 4 is 0 Å². The van der Waals surface area contributed by atoms with E-state index < -0.39 is 5.82 Å². The Morgan fingerprint density at radius 1 is 1.40 bits per heavy atom. The second-order valence-electron chi connectivity index (χ2n) is 5.56. The van der Waals surface area contributed by atoms with Crippen molar-refractivity contribution < 1.29 is 13.5 Å². The van der Waals surface area contributed by atoms with Gasteiger partial charge in [0.05, 0.1) is 18.8 Å². The summed E-state index contributed by atoms with van der Waals surface area (Å²) in [6.45, 7) is 6.02. The molecule has 20 heavy (non-hydrogen) atoms. The van der Waals surface area contributed by atoms with Crippen LogP contribution in [0.4, 0.5) is 8.78 Å². The minimum atomic E-state index is -0.420. The van der Waals surface area contributed by atoms with Crippen molar-refractivity contribution in [3.05, 3.63) is 35.4 Å². The molecule has 1 aliphatic heterocycles. The zero-order valence-electron chi connectivity index (χ0n) is 12.2. The van der Waals surface area contributed by atoms with E-state index in [1.165, 1.54) is 12.1 Å². The van der Waals surface area contributed by atoms with Gasteiger partial charge in [0.25, 0.3) is 0 Å². The Kier molecular flexibility index (Phi) is 5.07. The summed E-state index contributed by atoms with van der Waals surface area (Å²) >= 11 is 0. The molecule has 5 heteroatoms. The molecule has 0 saturated carbocycles. The average Bonchev–Trinajstić information content (AvgIpc) is 2.39. The van der Waals surface area contributed by atoms with E-state index in [-0.39, 0.29) is 18.0 Å². The zero-order chi connectivity index (χ0) is 14.7. The highest BCUT2D eigenvalue weighted by atomic mass is 19.1. The van der Waals surface area contributed by atoms with Crippen LogP contribution in [0.1, 0.15) is 25.5 Å². The molecule has 0 spiro atoms. The van der Waals surface area contributed by atoms with Crippen LogP contribution in [0.5, 0.6) is 0 Å². The fourth-order valence-electron chi connectivity index (χ4n) is 2.56. The fourth-order valence-corrected chi connectivity index (χ4v) is 2.56. The first-order valence-electron chi connectivity index (χ1n) is 6.99. The Labute approximate surface area is 118 Å².